The average molecular weight is 353 g/mol. The molecular formula is C18H15N3O5. The van der Waals surface area contributed by atoms with Crippen LogP contribution in [0.25, 0.3) is 0 Å². The van der Waals surface area contributed by atoms with Crippen LogP contribution in [-0.4, -0.2) is 28.3 Å². The maximum Gasteiger partial charge on any atom is 0.270 e. The molecule has 1 atom stereocenters. The summed E-state index contributed by atoms with van der Waals surface area (Å²) in [4.78, 5) is 22.6. The summed E-state index contributed by atoms with van der Waals surface area (Å²) >= 11 is 0. The summed E-state index contributed by atoms with van der Waals surface area (Å²) in [5.74, 6) is 1.10. The topological polar surface area (TPSA) is 94.3 Å². The maximum absolute atomic E-state index is 12.1. The summed E-state index contributed by atoms with van der Waals surface area (Å²) < 4.78 is 10.7. The lowest BCUT2D eigenvalue weighted by molar-refractivity contribution is -0.384. The van der Waals surface area contributed by atoms with Gasteiger partial charge in [0.1, 0.15) is 0 Å². The van der Waals surface area contributed by atoms with E-state index in [-0.39, 0.29) is 24.4 Å². The first-order valence-electron chi connectivity index (χ1n) is 8.04. The van der Waals surface area contributed by atoms with Gasteiger partial charge in [-0.05, 0) is 17.7 Å². The molecule has 2 aromatic rings. The fourth-order valence-electron chi connectivity index (χ4n) is 3.15. The van der Waals surface area contributed by atoms with Crippen molar-refractivity contribution < 1.29 is 19.2 Å². The van der Waals surface area contributed by atoms with E-state index in [0.29, 0.717) is 29.2 Å². The summed E-state index contributed by atoms with van der Waals surface area (Å²) in [7, 11) is 0. The first-order valence-corrected chi connectivity index (χ1v) is 8.04. The highest BCUT2D eigenvalue weighted by Crippen LogP contribution is 2.39. The van der Waals surface area contributed by atoms with Crippen LogP contribution < -0.4 is 9.47 Å². The van der Waals surface area contributed by atoms with Crippen molar-refractivity contribution in [2.75, 3.05) is 6.79 Å². The molecule has 0 aliphatic carbocycles. The van der Waals surface area contributed by atoms with Gasteiger partial charge in [0, 0.05) is 31.0 Å². The highest BCUT2D eigenvalue weighted by atomic mass is 16.7. The molecular weight excluding hydrogens is 338 g/mol. The molecule has 8 heteroatoms. The number of nitro groups is 1. The summed E-state index contributed by atoms with van der Waals surface area (Å²) in [5.41, 5.74) is 2.12. The Morgan fingerprint density at radius 2 is 2.04 bits per heavy atom. The number of nitro benzene ring substituents is 1. The molecule has 2 aliphatic rings. The Morgan fingerprint density at radius 1 is 1.23 bits per heavy atom. The van der Waals surface area contributed by atoms with Crippen molar-refractivity contribution in [2.24, 2.45) is 5.10 Å². The second-order valence-electron chi connectivity index (χ2n) is 6.05. The van der Waals surface area contributed by atoms with Crippen LogP contribution in [0, 0.1) is 10.1 Å². The Hall–Kier alpha value is -3.42. The van der Waals surface area contributed by atoms with Crippen LogP contribution in [0.5, 0.6) is 11.5 Å². The Labute approximate surface area is 148 Å². The van der Waals surface area contributed by atoms with E-state index in [4.69, 9.17) is 9.47 Å². The molecule has 1 amide bonds. The standard InChI is InChI=1S/C18H15N3O5/c1-11(22)20-16(13-5-6-17-18(8-13)26-10-25-17)9-15(19-20)12-3-2-4-14(7-12)21(23)24/h2-8,16H,9-10H2,1H3. The predicted molar refractivity (Wildman–Crippen MR) is 92.1 cm³/mol. The molecule has 26 heavy (non-hydrogen) atoms. The number of hydrogen-bond acceptors (Lipinski definition) is 6. The van der Waals surface area contributed by atoms with Gasteiger partial charge < -0.3 is 9.47 Å². The number of nitrogens with zero attached hydrogens (tertiary/aromatic N) is 3. The SMILES string of the molecule is CC(=O)N1N=C(c2cccc([N+](=O)[O-])c2)CC1c1ccc2c(c1)OCO2. The molecule has 0 radical (unpaired) electrons. The molecule has 0 bridgehead atoms. The van der Waals surface area contributed by atoms with Crippen LogP contribution in [0.15, 0.2) is 47.6 Å². The van der Waals surface area contributed by atoms with E-state index in [0.717, 1.165) is 5.56 Å². The van der Waals surface area contributed by atoms with Crippen LogP contribution in [0.1, 0.15) is 30.5 Å². The van der Waals surface area contributed by atoms with Gasteiger partial charge in [-0.1, -0.05) is 18.2 Å². The molecule has 0 N–H and O–H groups in total. The monoisotopic (exact) mass is 353 g/mol. The zero-order chi connectivity index (χ0) is 18.3. The summed E-state index contributed by atoms with van der Waals surface area (Å²) in [6.07, 6.45) is 0.459. The smallest absolute Gasteiger partial charge is 0.270 e. The minimum absolute atomic E-state index is 0.00824. The van der Waals surface area contributed by atoms with Gasteiger partial charge in [0.25, 0.3) is 5.69 Å². The molecule has 4 rings (SSSR count). The molecule has 2 heterocycles. The van der Waals surface area contributed by atoms with Crippen LogP contribution in [0.2, 0.25) is 0 Å². The van der Waals surface area contributed by atoms with E-state index in [1.54, 1.807) is 18.2 Å². The largest absolute Gasteiger partial charge is 0.454 e. The zero-order valence-corrected chi connectivity index (χ0v) is 13.9. The third kappa shape index (κ3) is 2.75. The normalized spacial score (nSPS) is 18.0. The Morgan fingerprint density at radius 3 is 2.81 bits per heavy atom. The molecule has 0 saturated carbocycles. The van der Waals surface area contributed by atoms with Gasteiger partial charge >= 0.3 is 0 Å². The molecule has 8 nitrogen and oxygen atoms in total. The Kier molecular flexibility index (Phi) is 3.80. The number of hydrazone groups is 1. The van der Waals surface area contributed by atoms with Crippen molar-refractivity contribution in [2.45, 2.75) is 19.4 Å². The van der Waals surface area contributed by atoms with Gasteiger partial charge in [-0.15, -0.1) is 0 Å². The van der Waals surface area contributed by atoms with Crippen molar-refractivity contribution >= 4 is 17.3 Å². The van der Waals surface area contributed by atoms with E-state index in [2.05, 4.69) is 5.10 Å². The number of carbonyl (C=O) groups is 1. The van der Waals surface area contributed by atoms with Crippen LogP contribution in [0.3, 0.4) is 0 Å². The average Bonchev–Trinajstić information content (AvgIpc) is 3.28. The number of hydrogen-bond donors (Lipinski definition) is 0. The second kappa shape index (κ2) is 6.14. The van der Waals surface area contributed by atoms with Gasteiger partial charge in [-0.3, -0.25) is 14.9 Å². The van der Waals surface area contributed by atoms with Gasteiger partial charge in [0.15, 0.2) is 11.5 Å². The van der Waals surface area contributed by atoms with Crippen molar-refractivity contribution in [1.29, 1.82) is 0 Å². The first-order chi connectivity index (χ1) is 12.5. The summed E-state index contributed by atoms with van der Waals surface area (Å²) in [5, 5.41) is 16.8. The van der Waals surface area contributed by atoms with Crippen LogP contribution >= 0.6 is 0 Å². The highest BCUT2D eigenvalue weighted by molar-refractivity contribution is 6.03. The van der Waals surface area contributed by atoms with E-state index >= 15 is 0 Å². The zero-order valence-electron chi connectivity index (χ0n) is 13.9. The molecule has 0 spiro atoms. The summed E-state index contributed by atoms with van der Waals surface area (Å²) in [6.45, 7) is 1.62. The molecule has 0 aromatic heterocycles. The van der Waals surface area contributed by atoms with Crippen LogP contribution in [-0.2, 0) is 4.79 Å². The maximum atomic E-state index is 12.1. The minimum Gasteiger partial charge on any atom is -0.454 e. The fraction of sp³-hybridized carbons (Fsp3) is 0.222. The second-order valence-corrected chi connectivity index (χ2v) is 6.05. The third-order valence-corrected chi connectivity index (χ3v) is 4.40. The lowest BCUT2D eigenvalue weighted by Crippen LogP contribution is -2.24. The quantitative estimate of drug-likeness (QED) is 0.624. The number of fused-ring (bicyclic) bond motifs is 1. The van der Waals surface area contributed by atoms with Crippen molar-refractivity contribution in [1.82, 2.24) is 5.01 Å². The molecule has 0 saturated heterocycles. The molecule has 2 aromatic carbocycles. The van der Waals surface area contributed by atoms with Crippen molar-refractivity contribution in [3.8, 4) is 11.5 Å². The van der Waals surface area contributed by atoms with E-state index in [1.165, 1.54) is 24.1 Å². The third-order valence-electron chi connectivity index (χ3n) is 4.40. The molecule has 0 fully saturated rings. The van der Waals surface area contributed by atoms with E-state index in [9.17, 15) is 14.9 Å². The Balaban J connectivity index is 1.68. The van der Waals surface area contributed by atoms with Gasteiger partial charge in [-0.2, -0.15) is 5.10 Å². The predicted octanol–water partition coefficient (Wildman–Crippen LogP) is 3.02. The van der Waals surface area contributed by atoms with Gasteiger partial charge in [-0.25, -0.2) is 5.01 Å². The van der Waals surface area contributed by atoms with Gasteiger partial charge in [0.2, 0.25) is 12.7 Å². The first kappa shape index (κ1) is 16.1. The number of ether oxygens (including phenoxy) is 2. The molecule has 2 aliphatic heterocycles. The summed E-state index contributed by atoms with van der Waals surface area (Å²) in [6, 6.07) is 11.5. The lowest BCUT2D eigenvalue weighted by atomic mass is 9.98. The number of non-ortho nitro benzene ring substituents is 1. The lowest BCUT2D eigenvalue weighted by Gasteiger charge is -2.20. The van der Waals surface area contributed by atoms with Crippen molar-refractivity contribution in [3.05, 3.63) is 63.7 Å². The van der Waals surface area contributed by atoms with Crippen LogP contribution in [0.4, 0.5) is 5.69 Å². The molecule has 1 unspecified atom stereocenters. The van der Waals surface area contributed by atoms with Crippen molar-refractivity contribution in [3.63, 3.8) is 0 Å². The fourth-order valence-corrected chi connectivity index (χ4v) is 3.15. The van der Waals surface area contributed by atoms with E-state index in [1.807, 2.05) is 12.1 Å². The number of carbonyl (C=O) groups excluding carboxylic acids is 1. The number of amides is 1. The Bertz CT molecular complexity index is 940. The minimum atomic E-state index is -0.447. The number of rotatable bonds is 3. The van der Waals surface area contributed by atoms with E-state index < -0.39 is 4.92 Å². The molecule has 132 valence electrons. The number of benzene rings is 2. The van der Waals surface area contributed by atoms with Gasteiger partial charge in [0.05, 0.1) is 16.7 Å². The highest BCUT2D eigenvalue weighted by Gasteiger charge is 2.32.